The highest BCUT2D eigenvalue weighted by Crippen LogP contribution is 2.11. The minimum atomic E-state index is 1.31. The fourth-order valence-corrected chi connectivity index (χ4v) is 1.13. The molecule has 17 heavy (non-hydrogen) atoms. The third kappa shape index (κ3) is 8.14. The highest BCUT2D eigenvalue weighted by Gasteiger charge is 1.85. The Morgan fingerprint density at radius 2 is 0.882 bits per heavy atom. The van der Waals surface area contributed by atoms with Crippen LogP contribution in [-0.2, 0) is 0 Å². The summed E-state index contributed by atoms with van der Waals surface area (Å²) in [6, 6.07) is 16.7. The van der Waals surface area contributed by atoms with Crippen LogP contribution in [0.5, 0.6) is 0 Å². The molecule has 2 aromatic rings. The molecule has 0 heterocycles. The van der Waals surface area contributed by atoms with Crippen molar-refractivity contribution in [2.24, 2.45) is 5.11 Å². The van der Waals surface area contributed by atoms with Gasteiger partial charge in [0.05, 0.1) is 0 Å². The molecular weight excluding hydrogens is 208 g/mol. The Hall–Kier alpha value is -1.70. The molecule has 0 radical (unpaired) electrons. The molecule has 0 bridgehead atoms. The standard InChI is InChI=1S/C10H8.2C2H6.CH4N2/c1-2-6-10-8-4-3-7-9(10)5-1;2*1-2;1-3-2/h1-8H;2*1-2H3;2H,1H3. The highest BCUT2D eigenvalue weighted by atomic mass is 14.9. The third-order valence-corrected chi connectivity index (χ3v) is 1.66. The van der Waals surface area contributed by atoms with Crippen molar-refractivity contribution in [3.8, 4) is 0 Å². The molecule has 0 aromatic heterocycles. The lowest BCUT2D eigenvalue weighted by atomic mass is 10.1. The zero-order valence-corrected chi connectivity index (χ0v) is 11.6. The number of fused-ring (bicyclic) bond motifs is 1. The highest BCUT2D eigenvalue weighted by molar-refractivity contribution is 5.81. The molecular formula is C15H24N2. The second kappa shape index (κ2) is 14.3. The van der Waals surface area contributed by atoms with Crippen molar-refractivity contribution in [1.82, 2.24) is 0 Å². The van der Waals surface area contributed by atoms with E-state index in [-0.39, 0.29) is 0 Å². The molecule has 0 aliphatic rings. The molecule has 0 fully saturated rings. The fraction of sp³-hybridized carbons (Fsp3) is 0.333. The molecule has 0 unspecified atom stereocenters. The lowest BCUT2D eigenvalue weighted by Crippen LogP contribution is -1.67. The van der Waals surface area contributed by atoms with Crippen LogP contribution >= 0.6 is 0 Å². The van der Waals surface area contributed by atoms with E-state index in [1.807, 2.05) is 27.7 Å². The summed E-state index contributed by atoms with van der Waals surface area (Å²) >= 11 is 0. The summed E-state index contributed by atoms with van der Waals surface area (Å²) in [4.78, 5) is 0. The number of hydrogen-bond acceptors (Lipinski definition) is 2. The van der Waals surface area contributed by atoms with Crippen molar-refractivity contribution in [3.63, 3.8) is 0 Å². The minimum Gasteiger partial charge on any atom is -0.210 e. The van der Waals surface area contributed by atoms with Gasteiger partial charge in [0.25, 0.3) is 0 Å². The van der Waals surface area contributed by atoms with Gasteiger partial charge < -0.3 is 0 Å². The van der Waals surface area contributed by atoms with E-state index in [9.17, 15) is 0 Å². The average molecular weight is 232 g/mol. The maximum absolute atomic E-state index is 5.83. The van der Waals surface area contributed by atoms with Gasteiger partial charge in [0.1, 0.15) is 0 Å². The summed E-state index contributed by atoms with van der Waals surface area (Å²) in [5.41, 5.74) is 5.83. The van der Waals surface area contributed by atoms with Crippen LogP contribution in [0.1, 0.15) is 27.7 Å². The molecule has 2 nitrogen and oxygen atoms in total. The van der Waals surface area contributed by atoms with E-state index in [2.05, 4.69) is 53.6 Å². The van der Waals surface area contributed by atoms with E-state index >= 15 is 0 Å². The summed E-state index contributed by atoms with van der Waals surface area (Å²) in [6.07, 6.45) is 0. The fourth-order valence-electron chi connectivity index (χ4n) is 1.13. The summed E-state index contributed by atoms with van der Waals surface area (Å²) in [6.45, 7) is 8.00. The smallest absolute Gasteiger partial charge is 0.0485 e. The zero-order valence-electron chi connectivity index (χ0n) is 11.6. The van der Waals surface area contributed by atoms with Gasteiger partial charge in [0.2, 0.25) is 0 Å². The number of benzene rings is 2. The van der Waals surface area contributed by atoms with Crippen molar-refractivity contribution >= 4 is 10.8 Å². The minimum absolute atomic E-state index is 1.31. The Balaban J connectivity index is 0. The Bertz CT molecular complexity index is 318. The van der Waals surface area contributed by atoms with E-state index in [0.29, 0.717) is 0 Å². The van der Waals surface area contributed by atoms with E-state index in [0.717, 1.165) is 0 Å². The lowest BCUT2D eigenvalue weighted by molar-refractivity contribution is 1.09. The third-order valence-electron chi connectivity index (χ3n) is 1.66. The van der Waals surface area contributed by atoms with Crippen molar-refractivity contribution in [2.75, 3.05) is 7.05 Å². The second-order valence-corrected chi connectivity index (χ2v) is 2.57. The van der Waals surface area contributed by atoms with Crippen molar-refractivity contribution in [2.45, 2.75) is 27.7 Å². The molecule has 0 saturated heterocycles. The molecule has 0 amide bonds. The van der Waals surface area contributed by atoms with Crippen molar-refractivity contribution < 1.29 is 0 Å². The van der Waals surface area contributed by atoms with Gasteiger partial charge in [0.15, 0.2) is 0 Å². The van der Waals surface area contributed by atoms with Crippen molar-refractivity contribution in [1.29, 1.82) is 5.53 Å². The van der Waals surface area contributed by atoms with E-state index in [1.165, 1.54) is 17.8 Å². The van der Waals surface area contributed by atoms with Crippen LogP contribution in [0.3, 0.4) is 0 Å². The SMILES string of the molecule is CC.CC.CN=N.c1ccc2ccccc2c1. The van der Waals surface area contributed by atoms with Gasteiger partial charge in [-0.25, -0.2) is 10.6 Å². The maximum atomic E-state index is 5.83. The first kappa shape index (κ1) is 17.7. The number of nitrogens with zero attached hydrogens (tertiary/aromatic N) is 1. The number of nitrogens with one attached hydrogen (secondary N) is 1. The second-order valence-electron chi connectivity index (χ2n) is 2.57. The molecule has 0 spiro atoms. The van der Waals surface area contributed by atoms with Gasteiger partial charge in [-0.2, -0.15) is 0 Å². The van der Waals surface area contributed by atoms with Crippen LogP contribution in [0.4, 0.5) is 0 Å². The molecule has 0 aliphatic heterocycles. The van der Waals surface area contributed by atoms with E-state index in [1.54, 1.807) is 0 Å². The van der Waals surface area contributed by atoms with Gasteiger partial charge >= 0.3 is 0 Å². The first-order valence-electron chi connectivity index (χ1n) is 6.08. The Morgan fingerprint density at radius 1 is 0.706 bits per heavy atom. The molecule has 2 rings (SSSR count). The van der Waals surface area contributed by atoms with Crippen LogP contribution in [0.25, 0.3) is 10.8 Å². The predicted octanol–water partition coefficient (Wildman–Crippen LogP) is 5.54. The molecule has 1 N–H and O–H groups in total. The summed E-state index contributed by atoms with van der Waals surface area (Å²) in [5.74, 6) is 0. The summed E-state index contributed by atoms with van der Waals surface area (Å²) in [7, 11) is 1.42. The average Bonchev–Trinajstić information content (AvgIpc) is 2.44. The van der Waals surface area contributed by atoms with E-state index < -0.39 is 0 Å². The number of rotatable bonds is 0. The largest absolute Gasteiger partial charge is 0.210 e. The molecule has 0 saturated carbocycles. The van der Waals surface area contributed by atoms with Gasteiger partial charge in [-0.05, 0) is 10.8 Å². The number of hydrogen-bond donors (Lipinski definition) is 1. The van der Waals surface area contributed by atoms with Crippen LogP contribution in [0.2, 0.25) is 0 Å². The Labute approximate surface area is 105 Å². The predicted molar refractivity (Wildman–Crippen MR) is 77.7 cm³/mol. The first-order chi connectivity index (χ1) is 8.38. The van der Waals surface area contributed by atoms with Crippen LogP contribution in [0, 0.1) is 5.53 Å². The first-order valence-corrected chi connectivity index (χ1v) is 6.08. The van der Waals surface area contributed by atoms with Crippen molar-refractivity contribution in [3.05, 3.63) is 48.5 Å². The topological polar surface area (TPSA) is 36.2 Å². The normalized spacial score (nSPS) is 7.35. The quantitative estimate of drug-likeness (QED) is 0.579. The van der Waals surface area contributed by atoms with Gasteiger partial charge in [-0.3, -0.25) is 0 Å². The van der Waals surface area contributed by atoms with Crippen LogP contribution in [-0.4, -0.2) is 7.05 Å². The molecule has 0 aliphatic carbocycles. The Kier molecular flexibility index (Phi) is 14.9. The molecule has 2 heteroatoms. The van der Waals surface area contributed by atoms with Crippen LogP contribution in [0.15, 0.2) is 53.6 Å². The van der Waals surface area contributed by atoms with Crippen LogP contribution < -0.4 is 0 Å². The zero-order chi connectivity index (χ0) is 13.5. The van der Waals surface area contributed by atoms with E-state index in [4.69, 9.17) is 5.53 Å². The summed E-state index contributed by atoms with van der Waals surface area (Å²) in [5, 5.41) is 5.37. The molecule has 2 aromatic carbocycles. The molecule has 94 valence electrons. The summed E-state index contributed by atoms with van der Waals surface area (Å²) < 4.78 is 0. The Morgan fingerprint density at radius 3 is 1.06 bits per heavy atom. The maximum Gasteiger partial charge on any atom is 0.0485 e. The molecule has 0 atom stereocenters. The van der Waals surface area contributed by atoms with Gasteiger partial charge in [-0.1, -0.05) is 76.2 Å². The van der Waals surface area contributed by atoms with Gasteiger partial charge in [0, 0.05) is 7.05 Å². The lowest BCUT2D eigenvalue weighted by Gasteiger charge is -1.92. The van der Waals surface area contributed by atoms with Gasteiger partial charge in [-0.15, -0.1) is 0 Å². The monoisotopic (exact) mass is 232 g/mol.